The van der Waals surface area contributed by atoms with Gasteiger partial charge in [0.05, 0.1) is 0 Å². The summed E-state index contributed by atoms with van der Waals surface area (Å²) in [7, 11) is 0. The van der Waals surface area contributed by atoms with Crippen molar-refractivity contribution in [3.8, 4) is 0 Å². The SMILES string of the molecule is O=C(O)CCCNC(=O)c1cccnn1. The summed E-state index contributed by atoms with van der Waals surface area (Å²) in [6, 6.07) is 3.15. The van der Waals surface area contributed by atoms with E-state index in [1.54, 1.807) is 12.1 Å². The predicted octanol–water partition coefficient (Wildman–Crippen LogP) is 0.0712. The van der Waals surface area contributed by atoms with Gasteiger partial charge in [-0.05, 0) is 18.6 Å². The van der Waals surface area contributed by atoms with E-state index < -0.39 is 5.97 Å². The number of amides is 1. The first-order chi connectivity index (χ1) is 7.20. The summed E-state index contributed by atoms with van der Waals surface area (Å²) in [5.74, 6) is -1.21. The van der Waals surface area contributed by atoms with Gasteiger partial charge >= 0.3 is 5.97 Å². The maximum atomic E-state index is 11.3. The number of rotatable bonds is 5. The highest BCUT2D eigenvalue weighted by Gasteiger charge is 2.05. The van der Waals surface area contributed by atoms with Crippen LogP contribution < -0.4 is 5.32 Å². The number of nitrogens with one attached hydrogen (secondary N) is 1. The Hall–Kier alpha value is -1.98. The summed E-state index contributed by atoms with van der Waals surface area (Å²) >= 11 is 0. The van der Waals surface area contributed by atoms with Crippen molar-refractivity contribution in [3.63, 3.8) is 0 Å². The topological polar surface area (TPSA) is 92.2 Å². The van der Waals surface area contributed by atoms with Gasteiger partial charge in [-0.3, -0.25) is 9.59 Å². The molecule has 0 aliphatic carbocycles. The van der Waals surface area contributed by atoms with Crippen LogP contribution in [0.1, 0.15) is 23.3 Å². The second-order valence-corrected chi connectivity index (χ2v) is 2.86. The maximum absolute atomic E-state index is 11.3. The van der Waals surface area contributed by atoms with Crippen LogP contribution in [0.2, 0.25) is 0 Å². The van der Waals surface area contributed by atoms with Crippen molar-refractivity contribution in [2.45, 2.75) is 12.8 Å². The Bertz CT molecular complexity index is 340. The van der Waals surface area contributed by atoms with Crippen molar-refractivity contribution in [2.24, 2.45) is 0 Å². The number of hydrogen-bond acceptors (Lipinski definition) is 4. The minimum absolute atomic E-state index is 0.0424. The minimum atomic E-state index is -0.872. The molecule has 0 aliphatic rings. The first-order valence-electron chi connectivity index (χ1n) is 4.48. The molecule has 0 radical (unpaired) electrons. The highest BCUT2D eigenvalue weighted by Crippen LogP contribution is 1.92. The van der Waals surface area contributed by atoms with Crippen molar-refractivity contribution in [2.75, 3.05) is 6.54 Å². The van der Waals surface area contributed by atoms with Gasteiger partial charge in [0.1, 0.15) is 0 Å². The van der Waals surface area contributed by atoms with Gasteiger partial charge in [0.25, 0.3) is 5.91 Å². The molecule has 0 aliphatic heterocycles. The largest absolute Gasteiger partial charge is 0.481 e. The standard InChI is InChI=1S/C9H11N3O3/c13-8(14)4-2-5-10-9(15)7-3-1-6-11-12-7/h1,3,6H,2,4-5H2,(H,10,15)(H,13,14). The van der Waals surface area contributed by atoms with Crippen molar-refractivity contribution >= 4 is 11.9 Å². The van der Waals surface area contributed by atoms with E-state index in [-0.39, 0.29) is 18.0 Å². The van der Waals surface area contributed by atoms with Gasteiger partial charge in [-0.15, -0.1) is 5.10 Å². The van der Waals surface area contributed by atoms with Crippen molar-refractivity contribution in [3.05, 3.63) is 24.0 Å². The minimum Gasteiger partial charge on any atom is -0.481 e. The molecular weight excluding hydrogens is 198 g/mol. The van der Waals surface area contributed by atoms with Crippen molar-refractivity contribution < 1.29 is 14.7 Å². The lowest BCUT2D eigenvalue weighted by molar-refractivity contribution is -0.137. The summed E-state index contributed by atoms with van der Waals surface area (Å²) in [4.78, 5) is 21.5. The molecule has 1 rings (SSSR count). The third-order valence-electron chi connectivity index (χ3n) is 1.66. The van der Waals surface area contributed by atoms with Crippen LogP contribution in [0.3, 0.4) is 0 Å². The van der Waals surface area contributed by atoms with Gasteiger partial charge in [-0.2, -0.15) is 5.10 Å². The van der Waals surface area contributed by atoms with E-state index in [1.165, 1.54) is 6.20 Å². The average molecular weight is 209 g/mol. The van der Waals surface area contributed by atoms with E-state index in [9.17, 15) is 9.59 Å². The maximum Gasteiger partial charge on any atom is 0.303 e. The summed E-state index contributed by atoms with van der Waals surface area (Å²) in [6.07, 6.45) is 1.92. The van der Waals surface area contributed by atoms with Gasteiger partial charge in [0.15, 0.2) is 5.69 Å². The van der Waals surface area contributed by atoms with E-state index in [0.717, 1.165) is 0 Å². The van der Waals surface area contributed by atoms with E-state index in [4.69, 9.17) is 5.11 Å². The Kier molecular flexibility index (Phi) is 4.21. The zero-order valence-corrected chi connectivity index (χ0v) is 8.01. The van der Waals surface area contributed by atoms with Crippen LogP contribution >= 0.6 is 0 Å². The Morgan fingerprint density at radius 2 is 2.27 bits per heavy atom. The van der Waals surface area contributed by atoms with Crippen LogP contribution in [-0.2, 0) is 4.79 Å². The molecule has 0 spiro atoms. The molecule has 15 heavy (non-hydrogen) atoms. The average Bonchev–Trinajstić information content (AvgIpc) is 2.25. The summed E-state index contributed by atoms with van der Waals surface area (Å²) in [6.45, 7) is 0.321. The number of carbonyl (C=O) groups excluding carboxylic acids is 1. The fourth-order valence-electron chi connectivity index (χ4n) is 0.955. The molecule has 1 heterocycles. The molecule has 1 aromatic rings. The van der Waals surface area contributed by atoms with Crippen molar-refractivity contribution in [1.82, 2.24) is 15.5 Å². The van der Waals surface area contributed by atoms with E-state index >= 15 is 0 Å². The zero-order valence-electron chi connectivity index (χ0n) is 8.01. The van der Waals surface area contributed by atoms with Gasteiger partial charge < -0.3 is 10.4 Å². The second kappa shape index (κ2) is 5.69. The molecule has 1 aromatic heterocycles. The molecule has 2 N–H and O–H groups in total. The number of carboxylic acid groups (broad SMARTS) is 1. The fourth-order valence-corrected chi connectivity index (χ4v) is 0.955. The molecule has 0 atom stereocenters. The third-order valence-corrected chi connectivity index (χ3v) is 1.66. The molecule has 0 unspecified atom stereocenters. The quantitative estimate of drug-likeness (QED) is 0.669. The van der Waals surface area contributed by atoms with E-state index in [0.29, 0.717) is 13.0 Å². The summed E-state index contributed by atoms with van der Waals surface area (Å²) in [5.41, 5.74) is 0.229. The van der Waals surface area contributed by atoms with Crippen molar-refractivity contribution in [1.29, 1.82) is 0 Å². The Balaban J connectivity index is 2.28. The third kappa shape index (κ3) is 4.17. The fraction of sp³-hybridized carbons (Fsp3) is 0.333. The smallest absolute Gasteiger partial charge is 0.303 e. The second-order valence-electron chi connectivity index (χ2n) is 2.86. The lowest BCUT2D eigenvalue weighted by Gasteiger charge is -2.01. The van der Waals surface area contributed by atoms with Gasteiger partial charge in [-0.25, -0.2) is 0 Å². The van der Waals surface area contributed by atoms with Gasteiger partial charge in [0.2, 0.25) is 0 Å². The van der Waals surface area contributed by atoms with Gasteiger partial charge in [0, 0.05) is 19.2 Å². The van der Waals surface area contributed by atoms with Crippen LogP contribution in [-0.4, -0.2) is 33.7 Å². The van der Waals surface area contributed by atoms with Gasteiger partial charge in [-0.1, -0.05) is 0 Å². The molecule has 6 nitrogen and oxygen atoms in total. The summed E-state index contributed by atoms with van der Waals surface area (Å²) < 4.78 is 0. The number of hydrogen-bond donors (Lipinski definition) is 2. The first kappa shape index (κ1) is 11.1. The normalized spacial score (nSPS) is 9.60. The lowest BCUT2D eigenvalue weighted by atomic mass is 10.3. The zero-order chi connectivity index (χ0) is 11.1. The molecular formula is C9H11N3O3. The molecule has 0 bridgehead atoms. The van der Waals surface area contributed by atoms with Crippen LogP contribution in [0.4, 0.5) is 0 Å². The van der Waals surface area contributed by atoms with Crippen LogP contribution in [0.15, 0.2) is 18.3 Å². The monoisotopic (exact) mass is 209 g/mol. The Morgan fingerprint density at radius 1 is 1.47 bits per heavy atom. The van der Waals surface area contributed by atoms with Crippen LogP contribution in [0.5, 0.6) is 0 Å². The molecule has 1 amide bonds. The summed E-state index contributed by atoms with van der Waals surface area (Å²) in [5, 5.41) is 18.1. The molecule has 0 saturated carbocycles. The van der Waals surface area contributed by atoms with Crippen LogP contribution in [0.25, 0.3) is 0 Å². The van der Waals surface area contributed by atoms with E-state index in [2.05, 4.69) is 15.5 Å². The van der Waals surface area contributed by atoms with E-state index in [1.807, 2.05) is 0 Å². The number of nitrogens with zero attached hydrogens (tertiary/aromatic N) is 2. The molecule has 6 heteroatoms. The number of aromatic nitrogens is 2. The highest BCUT2D eigenvalue weighted by molar-refractivity contribution is 5.91. The molecule has 0 saturated heterocycles. The Morgan fingerprint density at radius 3 is 2.87 bits per heavy atom. The number of carbonyl (C=O) groups is 2. The Labute approximate surface area is 86.3 Å². The first-order valence-corrected chi connectivity index (χ1v) is 4.48. The number of aliphatic carboxylic acids is 1. The predicted molar refractivity (Wildman–Crippen MR) is 51.2 cm³/mol. The van der Waals surface area contributed by atoms with Crippen LogP contribution in [0, 0.1) is 0 Å². The highest BCUT2D eigenvalue weighted by atomic mass is 16.4. The molecule has 80 valence electrons. The molecule has 0 aromatic carbocycles. The number of carboxylic acids is 1. The molecule has 0 fully saturated rings. The lowest BCUT2D eigenvalue weighted by Crippen LogP contribution is -2.25.